The first-order valence-corrected chi connectivity index (χ1v) is 9.11. The van der Waals surface area contributed by atoms with Crippen LogP contribution in [0.4, 0.5) is 0 Å². The topological polar surface area (TPSA) is 91.0 Å². The molecule has 0 radical (unpaired) electrons. The number of rotatable bonds is 6. The lowest BCUT2D eigenvalue weighted by Crippen LogP contribution is -2.32. The highest BCUT2D eigenvalue weighted by atomic mass is 32.2. The van der Waals surface area contributed by atoms with Crippen LogP contribution >= 0.6 is 0 Å². The van der Waals surface area contributed by atoms with Gasteiger partial charge in [0.2, 0.25) is 0 Å². The Morgan fingerprint density at radius 1 is 1.43 bits per heavy atom. The van der Waals surface area contributed by atoms with Crippen LogP contribution in [-0.4, -0.2) is 40.9 Å². The van der Waals surface area contributed by atoms with Crippen molar-refractivity contribution < 1.29 is 13.2 Å². The zero-order valence-corrected chi connectivity index (χ0v) is 14.0. The Bertz CT molecular complexity index is 767. The van der Waals surface area contributed by atoms with Crippen molar-refractivity contribution in [3.63, 3.8) is 0 Å². The number of nitrogens with one attached hydrogen (secondary N) is 1. The molecule has 2 atom stereocenters. The summed E-state index contributed by atoms with van der Waals surface area (Å²) in [5.41, 5.74) is 0. The maximum Gasteiger partial charge on any atom is 0.257 e. The summed E-state index contributed by atoms with van der Waals surface area (Å²) in [6.07, 6.45) is 5.74. The molecular formula is C14H21N5O3S. The molecule has 3 rings (SSSR count). The van der Waals surface area contributed by atoms with Crippen molar-refractivity contribution in [2.24, 2.45) is 13.0 Å². The summed E-state index contributed by atoms with van der Waals surface area (Å²) in [5, 5.41) is 4.06. The van der Waals surface area contributed by atoms with Gasteiger partial charge in [0.1, 0.15) is 11.9 Å². The number of ether oxygens (including phenoxy) is 1. The second-order valence-electron chi connectivity index (χ2n) is 5.56. The quantitative estimate of drug-likeness (QED) is 0.836. The number of aromatic nitrogens is 4. The van der Waals surface area contributed by atoms with Gasteiger partial charge in [-0.2, -0.15) is 5.10 Å². The van der Waals surface area contributed by atoms with Gasteiger partial charge < -0.3 is 9.30 Å². The van der Waals surface area contributed by atoms with E-state index in [1.54, 1.807) is 13.2 Å². The van der Waals surface area contributed by atoms with E-state index in [1.807, 2.05) is 17.7 Å². The summed E-state index contributed by atoms with van der Waals surface area (Å²) in [6.45, 7) is 3.77. The van der Waals surface area contributed by atoms with Crippen LogP contribution in [0.15, 0.2) is 29.7 Å². The van der Waals surface area contributed by atoms with Gasteiger partial charge in [-0.3, -0.25) is 4.68 Å². The normalized spacial score (nSPS) is 21.8. The number of nitrogens with zero attached hydrogens (tertiary/aromatic N) is 4. The molecule has 0 aromatic carbocycles. The average molecular weight is 339 g/mol. The monoisotopic (exact) mass is 339 g/mol. The lowest BCUT2D eigenvalue weighted by atomic mass is 10.0. The largest absolute Gasteiger partial charge is 0.370 e. The molecule has 3 heterocycles. The molecule has 1 aliphatic rings. The van der Waals surface area contributed by atoms with E-state index in [2.05, 4.69) is 14.8 Å². The first-order valence-electron chi connectivity index (χ1n) is 7.63. The molecule has 0 amide bonds. The van der Waals surface area contributed by atoms with Crippen molar-refractivity contribution in [2.45, 2.75) is 31.0 Å². The third-order valence-corrected chi connectivity index (χ3v) is 5.64. The van der Waals surface area contributed by atoms with E-state index in [1.165, 1.54) is 16.9 Å². The van der Waals surface area contributed by atoms with Gasteiger partial charge in [-0.1, -0.05) is 0 Å². The third-order valence-electron chi connectivity index (χ3n) is 4.14. The minimum Gasteiger partial charge on any atom is -0.370 e. The second kappa shape index (κ2) is 6.42. The van der Waals surface area contributed by atoms with E-state index in [0.29, 0.717) is 13.2 Å². The predicted molar refractivity (Wildman–Crippen MR) is 83.1 cm³/mol. The van der Waals surface area contributed by atoms with Gasteiger partial charge in [-0.15, -0.1) is 0 Å². The number of hydrogen-bond acceptors (Lipinski definition) is 5. The molecular weight excluding hydrogens is 318 g/mol. The Hall–Kier alpha value is -1.71. The first-order chi connectivity index (χ1) is 11.0. The number of sulfonamides is 1. The molecule has 23 heavy (non-hydrogen) atoms. The highest BCUT2D eigenvalue weighted by Gasteiger charge is 2.33. The van der Waals surface area contributed by atoms with Gasteiger partial charge in [0, 0.05) is 45.1 Å². The van der Waals surface area contributed by atoms with Crippen LogP contribution < -0.4 is 4.72 Å². The van der Waals surface area contributed by atoms with Crippen LogP contribution in [0.2, 0.25) is 0 Å². The van der Waals surface area contributed by atoms with E-state index >= 15 is 0 Å². The molecule has 1 saturated heterocycles. The van der Waals surface area contributed by atoms with Gasteiger partial charge in [-0.05, 0) is 19.4 Å². The summed E-state index contributed by atoms with van der Waals surface area (Å²) in [4.78, 5) is 4.37. The van der Waals surface area contributed by atoms with Crippen LogP contribution in [0.5, 0.6) is 0 Å². The lowest BCUT2D eigenvalue weighted by molar-refractivity contribution is 0.0816. The molecule has 126 valence electrons. The Morgan fingerprint density at radius 3 is 2.96 bits per heavy atom. The fraction of sp³-hybridized carbons (Fsp3) is 0.571. The van der Waals surface area contributed by atoms with Crippen LogP contribution in [0.3, 0.4) is 0 Å². The summed E-state index contributed by atoms with van der Waals surface area (Å²) >= 11 is 0. The predicted octanol–water partition coefficient (Wildman–Crippen LogP) is 0.693. The molecule has 1 aliphatic heterocycles. The van der Waals surface area contributed by atoms with Gasteiger partial charge in [0.25, 0.3) is 10.0 Å². The minimum atomic E-state index is -3.58. The molecule has 0 aliphatic carbocycles. The molecule has 2 aromatic rings. The van der Waals surface area contributed by atoms with Gasteiger partial charge in [0.05, 0.1) is 6.20 Å². The Labute approximate surface area is 135 Å². The zero-order chi connectivity index (χ0) is 16.4. The standard InChI is InChI=1S/C14H21N5O3S/c1-3-19-8-7-15-14(19)13-11(5-9-22-13)10-17-23(20,21)12-4-6-16-18(12)2/h4,6-8,11,13,17H,3,5,9-10H2,1-2H3/t11-,13+/m0/s1. The van der Waals surface area contributed by atoms with Crippen molar-refractivity contribution in [2.75, 3.05) is 13.2 Å². The van der Waals surface area contributed by atoms with E-state index in [4.69, 9.17) is 4.74 Å². The first kappa shape index (κ1) is 16.2. The fourth-order valence-electron chi connectivity index (χ4n) is 2.89. The highest BCUT2D eigenvalue weighted by Crippen LogP contribution is 2.33. The van der Waals surface area contributed by atoms with Crippen molar-refractivity contribution in [3.8, 4) is 0 Å². The molecule has 0 spiro atoms. The Kier molecular flexibility index (Phi) is 4.51. The maximum absolute atomic E-state index is 12.4. The van der Waals surface area contributed by atoms with Gasteiger partial charge >= 0.3 is 0 Å². The van der Waals surface area contributed by atoms with E-state index in [9.17, 15) is 8.42 Å². The van der Waals surface area contributed by atoms with Crippen LogP contribution in [0, 0.1) is 5.92 Å². The third kappa shape index (κ3) is 3.17. The Morgan fingerprint density at radius 2 is 2.26 bits per heavy atom. The van der Waals surface area contributed by atoms with Gasteiger partial charge in [-0.25, -0.2) is 18.1 Å². The molecule has 9 heteroatoms. The smallest absolute Gasteiger partial charge is 0.257 e. The number of imidazole rings is 1. The van der Waals surface area contributed by atoms with Crippen molar-refractivity contribution >= 4 is 10.0 Å². The molecule has 1 N–H and O–H groups in total. The van der Waals surface area contributed by atoms with Crippen molar-refractivity contribution in [1.29, 1.82) is 0 Å². The summed E-state index contributed by atoms with van der Waals surface area (Å²) < 4.78 is 36.5. The Balaban J connectivity index is 1.71. The molecule has 8 nitrogen and oxygen atoms in total. The molecule has 1 fully saturated rings. The SMILES string of the molecule is CCn1ccnc1[C@@H]1OCC[C@H]1CNS(=O)(=O)c1ccnn1C. The van der Waals surface area contributed by atoms with Gasteiger partial charge in [0.15, 0.2) is 5.03 Å². The summed E-state index contributed by atoms with van der Waals surface area (Å²) in [5.74, 6) is 0.917. The maximum atomic E-state index is 12.4. The van der Waals surface area contributed by atoms with Crippen LogP contribution in [0.25, 0.3) is 0 Å². The average Bonchev–Trinajstić information content (AvgIpc) is 3.24. The number of aryl methyl sites for hydroxylation is 2. The second-order valence-corrected chi connectivity index (χ2v) is 7.27. The molecule has 0 unspecified atom stereocenters. The van der Waals surface area contributed by atoms with Crippen molar-refractivity contribution in [1.82, 2.24) is 24.1 Å². The van der Waals surface area contributed by atoms with E-state index < -0.39 is 10.0 Å². The van der Waals surface area contributed by atoms with Crippen molar-refractivity contribution in [3.05, 3.63) is 30.5 Å². The summed E-state index contributed by atoms with van der Waals surface area (Å²) in [6, 6.07) is 1.48. The van der Waals surface area contributed by atoms with Crippen LogP contribution in [0.1, 0.15) is 25.3 Å². The fourth-order valence-corrected chi connectivity index (χ4v) is 4.11. The zero-order valence-electron chi connectivity index (χ0n) is 13.2. The minimum absolute atomic E-state index is 0.0608. The highest BCUT2D eigenvalue weighted by molar-refractivity contribution is 7.89. The molecule has 0 saturated carbocycles. The molecule has 0 bridgehead atoms. The van der Waals surface area contributed by atoms with E-state index in [-0.39, 0.29) is 17.0 Å². The van der Waals surface area contributed by atoms with Crippen LogP contribution in [-0.2, 0) is 28.4 Å². The lowest BCUT2D eigenvalue weighted by Gasteiger charge is -2.19. The number of hydrogen-bond donors (Lipinski definition) is 1. The van der Waals surface area contributed by atoms with E-state index in [0.717, 1.165) is 18.8 Å². The molecule has 2 aromatic heterocycles. The summed E-state index contributed by atoms with van der Waals surface area (Å²) in [7, 11) is -1.97.